The molecule has 0 amide bonds. The predicted molar refractivity (Wildman–Crippen MR) is 182 cm³/mol. The zero-order valence-electron chi connectivity index (χ0n) is 26.7. The lowest BCUT2D eigenvalue weighted by atomic mass is 9.88. The minimum absolute atomic E-state index is 0.00207. The van der Waals surface area contributed by atoms with Crippen molar-refractivity contribution in [1.82, 2.24) is 0 Å². The van der Waals surface area contributed by atoms with Crippen LogP contribution in [0, 0.1) is 5.82 Å². The van der Waals surface area contributed by atoms with E-state index in [0.29, 0.717) is 11.4 Å². The highest BCUT2D eigenvalue weighted by Gasteiger charge is 2.36. The highest BCUT2D eigenvalue weighted by molar-refractivity contribution is 6.21. The molecule has 6 rings (SSSR count). The first-order valence-corrected chi connectivity index (χ1v) is 16.5. The van der Waals surface area contributed by atoms with Crippen LogP contribution in [-0.2, 0) is 6.54 Å². The van der Waals surface area contributed by atoms with Gasteiger partial charge in [0, 0.05) is 35.7 Å². The molecule has 1 aliphatic rings. The van der Waals surface area contributed by atoms with Crippen molar-refractivity contribution in [1.29, 1.82) is 0 Å². The fourth-order valence-electron chi connectivity index (χ4n) is 7.06. The zero-order valence-corrected chi connectivity index (χ0v) is 26.7. The molecular formula is C39H44FN2O3+. The number of nitrogens with zero attached hydrogens (tertiary/aromatic N) is 2. The maximum Gasteiger partial charge on any atom is 0.217 e. The maximum absolute atomic E-state index is 14.7. The van der Waals surface area contributed by atoms with Gasteiger partial charge in [0.1, 0.15) is 29.6 Å². The number of ether oxygens (including phenoxy) is 2. The van der Waals surface area contributed by atoms with Crippen LogP contribution in [0.4, 0.5) is 21.5 Å². The minimum atomic E-state index is -0.415. The quantitative estimate of drug-likeness (QED) is 0.0760. The summed E-state index contributed by atoms with van der Waals surface area (Å²) >= 11 is 0. The molecule has 5 nitrogen and oxygen atoms in total. The van der Waals surface area contributed by atoms with Crippen LogP contribution in [0.2, 0.25) is 0 Å². The number of anilines is 3. The van der Waals surface area contributed by atoms with E-state index in [4.69, 9.17) is 9.47 Å². The minimum Gasteiger partial charge on any atom is -0.506 e. The molecule has 4 aromatic carbocycles. The van der Waals surface area contributed by atoms with Gasteiger partial charge in [-0.1, -0.05) is 76.5 Å². The van der Waals surface area contributed by atoms with Gasteiger partial charge in [-0.25, -0.2) is 4.39 Å². The van der Waals surface area contributed by atoms with E-state index < -0.39 is 5.82 Å². The summed E-state index contributed by atoms with van der Waals surface area (Å²) in [6.45, 7) is 3.13. The second kappa shape index (κ2) is 13.8. The second-order valence-corrected chi connectivity index (χ2v) is 12.1. The summed E-state index contributed by atoms with van der Waals surface area (Å²) in [5.41, 5.74) is 6.13. The van der Waals surface area contributed by atoms with Crippen molar-refractivity contribution < 1.29 is 23.5 Å². The number of aromatic nitrogens is 1. The van der Waals surface area contributed by atoms with Crippen LogP contribution in [0.1, 0.15) is 71.1 Å². The van der Waals surface area contributed by atoms with Crippen LogP contribution < -0.4 is 18.9 Å². The van der Waals surface area contributed by atoms with Gasteiger partial charge in [-0.3, -0.25) is 0 Å². The number of benzene rings is 4. The summed E-state index contributed by atoms with van der Waals surface area (Å²) in [4.78, 5) is 1.96. The Morgan fingerprint density at radius 3 is 1.96 bits per heavy atom. The summed E-state index contributed by atoms with van der Waals surface area (Å²) in [6.07, 6.45) is 12.8. The molecule has 0 bridgehead atoms. The van der Waals surface area contributed by atoms with Crippen molar-refractivity contribution >= 4 is 38.9 Å². The average Bonchev–Trinajstić information content (AvgIpc) is 3.06. The lowest BCUT2D eigenvalue weighted by Crippen LogP contribution is -2.36. The third-order valence-electron chi connectivity index (χ3n) is 9.20. The van der Waals surface area contributed by atoms with E-state index in [1.807, 2.05) is 35.2 Å². The molecule has 0 radical (unpaired) electrons. The van der Waals surface area contributed by atoms with Crippen LogP contribution >= 0.6 is 0 Å². The Bertz CT molecular complexity index is 1820. The first-order chi connectivity index (χ1) is 22.1. The molecule has 0 spiro atoms. The van der Waals surface area contributed by atoms with Gasteiger partial charge in [-0.15, -0.1) is 0 Å². The lowest BCUT2D eigenvalue weighted by molar-refractivity contribution is -0.645. The van der Waals surface area contributed by atoms with Crippen LogP contribution in [0.5, 0.6) is 17.2 Å². The molecule has 0 aliphatic carbocycles. The Hall–Kier alpha value is -4.32. The Balaban J connectivity index is 1.48. The summed E-state index contributed by atoms with van der Waals surface area (Å²) in [6, 6.07) is 22.5. The molecule has 1 aromatic heterocycles. The summed E-state index contributed by atoms with van der Waals surface area (Å²) in [5.74, 6) is 1.07. The number of methoxy groups -OCH3 is 2. The average molecular weight is 608 g/mol. The second-order valence-electron chi connectivity index (χ2n) is 12.1. The molecule has 0 saturated heterocycles. The van der Waals surface area contributed by atoms with Gasteiger partial charge in [0.2, 0.25) is 11.0 Å². The molecule has 0 unspecified atom stereocenters. The summed E-state index contributed by atoms with van der Waals surface area (Å²) in [7, 11) is 3.39. The van der Waals surface area contributed by atoms with E-state index in [2.05, 4.69) is 35.8 Å². The van der Waals surface area contributed by atoms with Gasteiger partial charge in [-0.2, -0.15) is 4.57 Å². The number of phenols is 1. The molecule has 1 aliphatic heterocycles. The smallest absolute Gasteiger partial charge is 0.217 e. The molecule has 234 valence electrons. The predicted octanol–water partition coefficient (Wildman–Crippen LogP) is 10.5. The molecule has 6 heteroatoms. The van der Waals surface area contributed by atoms with E-state index in [0.717, 1.165) is 63.0 Å². The first-order valence-electron chi connectivity index (χ1n) is 16.5. The van der Waals surface area contributed by atoms with Gasteiger partial charge >= 0.3 is 0 Å². The molecule has 45 heavy (non-hydrogen) atoms. The fraction of sp³-hybridized carbons (Fsp3) is 0.359. The maximum atomic E-state index is 14.7. The van der Waals surface area contributed by atoms with Crippen LogP contribution in [0.15, 0.2) is 72.8 Å². The Labute approximate surface area is 265 Å². The standard InChI is InChI=1S/C39H43FN2O3/c1-4-5-6-7-8-9-10-11-12-13-25-41-28-17-14-19-30-36(28)39(37-29(41)18-15-21-34(37)44-2)38-31(20-16-22-35(38)45-3)42(30)32-26-27(40)23-24-33(32)43/h14-24,26H,4-13,25H2,1-3H3/p+1. The third kappa shape index (κ3) is 5.79. The highest BCUT2D eigenvalue weighted by atomic mass is 19.1. The number of unbranched alkanes of at least 4 members (excludes halogenated alkanes) is 9. The third-order valence-corrected chi connectivity index (χ3v) is 9.20. The molecule has 5 aromatic rings. The van der Waals surface area contributed by atoms with Gasteiger partial charge in [-0.05, 0) is 42.8 Å². The SMILES string of the molecule is CCCCCCCCCCCC[n+]1c2cccc(OC)c2c2c3c(cccc31)N(c1cc(F)ccc1O)c1cccc(OC)c1-2. The van der Waals surface area contributed by atoms with E-state index >= 15 is 0 Å². The van der Waals surface area contributed by atoms with Crippen LogP contribution in [-0.4, -0.2) is 19.3 Å². The van der Waals surface area contributed by atoms with Gasteiger partial charge in [0.15, 0.2) is 0 Å². The van der Waals surface area contributed by atoms with Gasteiger partial charge in [0.05, 0.1) is 42.1 Å². The number of aryl methyl sites for hydroxylation is 1. The molecule has 2 heterocycles. The normalized spacial score (nSPS) is 12.1. The monoisotopic (exact) mass is 607 g/mol. The van der Waals surface area contributed by atoms with E-state index in [1.165, 1.54) is 76.0 Å². The van der Waals surface area contributed by atoms with Gasteiger partial charge < -0.3 is 19.5 Å². The number of hydrogen-bond donors (Lipinski definition) is 1. The first kappa shape index (κ1) is 30.7. The highest BCUT2D eigenvalue weighted by Crippen LogP contribution is 2.57. The number of phenolic OH excluding ortho intramolecular Hbond substituents is 1. The number of rotatable bonds is 14. The molecule has 0 saturated carbocycles. The number of aromatic hydroxyl groups is 1. The van der Waals surface area contributed by atoms with Crippen molar-refractivity contribution in [2.45, 2.75) is 77.7 Å². The molecule has 0 atom stereocenters. The van der Waals surface area contributed by atoms with E-state index in [9.17, 15) is 9.50 Å². The van der Waals surface area contributed by atoms with E-state index in [1.54, 1.807) is 14.2 Å². The fourth-order valence-corrected chi connectivity index (χ4v) is 7.06. The largest absolute Gasteiger partial charge is 0.506 e. The van der Waals surface area contributed by atoms with Crippen molar-refractivity contribution in [3.8, 4) is 28.4 Å². The number of halogens is 1. The zero-order chi connectivity index (χ0) is 31.3. The lowest BCUT2D eigenvalue weighted by Gasteiger charge is -2.34. The topological polar surface area (TPSA) is 45.8 Å². The van der Waals surface area contributed by atoms with Crippen molar-refractivity contribution in [2.24, 2.45) is 0 Å². The van der Waals surface area contributed by atoms with Gasteiger partial charge in [0.25, 0.3) is 0 Å². The summed E-state index contributed by atoms with van der Waals surface area (Å²) < 4.78 is 29.1. The molecule has 1 N–H and O–H groups in total. The number of hydrogen-bond acceptors (Lipinski definition) is 4. The molecular weight excluding hydrogens is 563 g/mol. The van der Waals surface area contributed by atoms with E-state index in [-0.39, 0.29) is 5.75 Å². The Morgan fingerprint density at radius 2 is 1.24 bits per heavy atom. The number of pyridine rings is 1. The summed E-state index contributed by atoms with van der Waals surface area (Å²) in [5, 5.41) is 13.1. The molecule has 0 fully saturated rings. The van der Waals surface area contributed by atoms with Crippen LogP contribution in [0.25, 0.3) is 32.9 Å². The Morgan fingerprint density at radius 1 is 0.644 bits per heavy atom. The Kier molecular flexibility index (Phi) is 9.39. The number of fused-ring (bicyclic) bond motifs is 4. The van der Waals surface area contributed by atoms with Crippen molar-refractivity contribution in [2.75, 3.05) is 19.1 Å². The van der Waals surface area contributed by atoms with Crippen molar-refractivity contribution in [3.05, 3.63) is 78.6 Å². The van der Waals surface area contributed by atoms with Crippen LogP contribution in [0.3, 0.4) is 0 Å². The van der Waals surface area contributed by atoms with Crippen molar-refractivity contribution in [3.63, 3.8) is 0 Å².